The molecule has 0 saturated carbocycles. The van der Waals surface area contributed by atoms with Gasteiger partial charge in [0.1, 0.15) is 11.5 Å². The normalized spacial score (nSPS) is 10.8. The van der Waals surface area contributed by atoms with Crippen molar-refractivity contribution < 1.29 is 14.3 Å². The third kappa shape index (κ3) is 2.40. The van der Waals surface area contributed by atoms with Gasteiger partial charge in [0.2, 0.25) is 0 Å². The highest BCUT2D eigenvalue weighted by molar-refractivity contribution is 6.12. The third-order valence-corrected chi connectivity index (χ3v) is 4.72. The number of carbonyl (C=O) groups is 1. The molecule has 0 atom stereocenters. The predicted molar refractivity (Wildman–Crippen MR) is 105 cm³/mol. The van der Waals surface area contributed by atoms with E-state index in [2.05, 4.69) is 12.1 Å². The van der Waals surface area contributed by atoms with Gasteiger partial charge in [0.05, 0.1) is 19.8 Å². The molecule has 0 N–H and O–H groups in total. The van der Waals surface area contributed by atoms with Crippen molar-refractivity contribution in [2.45, 2.75) is 0 Å². The standard InChI is InChI=1S/C23H18O3/c1-25-20-12-11-15-7-3-5-9-18(15)21(20)22-19-10-6-4-8-16(19)13-17(14-24)23(22)26-2/h3-14H,1-2H3. The second kappa shape index (κ2) is 6.52. The maximum Gasteiger partial charge on any atom is 0.153 e. The number of fused-ring (bicyclic) bond motifs is 2. The van der Waals surface area contributed by atoms with Crippen LogP contribution in [0.15, 0.2) is 66.7 Å². The van der Waals surface area contributed by atoms with E-state index in [4.69, 9.17) is 9.47 Å². The largest absolute Gasteiger partial charge is 0.496 e. The molecule has 0 aromatic heterocycles. The van der Waals surface area contributed by atoms with E-state index in [1.165, 1.54) is 0 Å². The first-order chi connectivity index (χ1) is 12.8. The second-order valence-corrected chi connectivity index (χ2v) is 6.08. The van der Waals surface area contributed by atoms with E-state index in [1.807, 2.05) is 54.6 Å². The van der Waals surface area contributed by atoms with Crippen molar-refractivity contribution in [3.63, 3.8) is 0 Å². The Morgan fingerprint density at radius 1 is 0.731 bits per heavy atom. The first-order valence-electron chi connectivity index (χ1n) is 8.39. The molecule has 0 saturated heterocycles. The van der Waals surface area contributed by atoms with Crippen molar-refractivity contribution in [2.75, 3.05) is 14.2 Å². The van der Waals surface area contributed by atoms with Gasteiger partial charge in [0, 0.05) is 11.1 Å². The topological polar surface area (TPSA) is 35.5 Å². The molecular weight excluding hydrogens is 324 g/mol. The van der Waals surface area contributed by atoms with Crippen LogP contribution in [0.1, 0.15) is 10.4 Å². The summed E-state index contributed by atoms with van der Waals surface area (Å²) >= 11 is 0. The van der Waals surface area contributed by atoms with Crippen LogP contribution in [0, 0.1) is 0 Å². The zero-order valence-electron chi connectivity index (χ0n) is 14.7. The second-order valence-electron chi connectivity index (χ2n) is 6.08. The Hall–Kier alpha value is -3.33. The Balaban J connectivity index is 2.26. The van der Waals surface area contributed by atoms with Crippen LogP contribution in [0.4, 0.5) is 0 Å². The van der Waals surface area contributed by atoms with Crippen LogP contribution in [0.25, 0.3) is 32.7 Å². The number of ether oxygens (including phenoxy) is 2. The molecule has 0 aliphatic carbocycles. The number of methoxy groups -OCH3 is 2. The lowest BCUT2D eigenvalue weighted by atomic mass is 9.90. The average Bonchev–Trinajstić information content (AvgIpc) is 2.71. The molecule has 0 aliphatic heterocycles. The highest BCUT2D eigenvalue weighted by Crippen LogP contribution is 2.46. The van der Waals surface area contributed by atoms with E-state index >= 15 is 0 Å². The van der Waals surface area contributed by atoms with Crippen molar-refractivity contribution >= 4 is 27.8 Å². The smallest absolute Gasteiger partial charge is 0.153 e. The maximum absolute atomic E-state index is 11.7. The molecule has 0 heterocycles. The SMILES string of the molecule is COc1ccc2ccccc2c1-c1c(OC)c(C=O)cc2ccccc12. The molecule has 0 aliphatic rings. The van der Waals surface area contributed by atoms with Gasteiger partial charge in [0.15, 0.2) is 6.29 Å². The highest BCUT2D eigenvalue weighted by Gasteiger charge is 2.20. The van der Waals surface area contributed by atoms with Gasteiger partial charge in [-0.15, -0.1) is 0 Å². The van der Waals surface area contributed by atoms with Crippen molar-refractivity contribution in [1.82, 2.24) is 0 Å². The van der Waals surface area contributed by atoms with Crippen LogP contribution in [-0.4, -0.2) is 20.5 Å². The maximum atomic E-state index is 11.7. The number of rotatable bonds is 4. The van der Waals surface area contributed by atoms with E-state index in [0.29, 0.717) is 11.3 Å². The quantitative estimate of drug-likeness (QED) is 0.460. The van der Waals surface area contributed by atoms with E-state index in [-0.39, 0.29) is 0 Å². The van der Waals surface area contributed by atoms with Crippen LogP contribution in [0.5, 0.6) is 11.5 Å². The Morgan fingerprint density at radius 2 is 1.38 bits per heavy atom. The van der Waals surface area contributed by atoms with Crippen molar-refractivity contribution in [3.8, 4) is 22.6 Å². The van der Waals surface area contributed by atoms with Gasteiger partial charge in [0.25, 0.3) is 0 Å². The van der Waals surface area contributed by atoms with Gasteiger partial charge in [-0.05, 0) is 33.7 Å². The Kier molecular flexibility index (Phi) is 4.05. The average molecular weight is 342 g/mol. The molecule has 4 aromatic rings. The first-order valence-corrected chi connectivity index (χ1v) is 8.39. The van der Waals surface area contributed by atoms with Gasteiger partial charge < -0.3 is 9.47 Å². The fourth-order valence-corrected chi connectivity index (χ4v) is 3.59. The molecule has 0 bridgehead atoms. The highest BCUT2D eigenvalue weighted by atomic mass is 16.5. The number of benzene rings is 4. The molecule has 0 unspecified atom stereocenters. The summed E-state index contributed by atoms with van der Waals surface area (Å²) in [4.78, 5) is 11.7. The number of hydrogen-bond donors (Lipinski definition) is 0. The zero-order chi connectivity index (χ0) is 18.1. The van der Waals surface area contributed by atoms with Gasteiger partial charge >= 0.3 is 0 Å². The summed E-state index contributed by atoms with van der Waals surface area (Å²) in [6.07, 6.45) is 0.840. The van der Waals surface area contributed by atoms with Crippen molar-refractivity contribution in [3.05, 3.63) is 72.3 Å². The summed E-state index contributed by atoms with van der Waals surface area (Å²) in [6, 6.07) is 22.0. The Morgan fingerprint density at radius 3 is 2.04 bits per heavy atom. The minimum atomic E-state index is 0.524. The molecule has 0 spiro atoms. The van der Waals surface area contributed by atoms with E-state index in [1.54, 1.807) is 14.2 Å². The Labute approximate surface area is 151 Å². The van der Waals surface area contributed by atoms with Gasteiger partial charge in [-0.3, -0.25) is 4.79 Å². The van der Waals surface area contributed by atoms with Crippen molar-refractivity contribution in [1.29, 1.82) is 0 Å². The minimum absolute atomic E-state index is 0.524. The summed E-state index contributed by atoms with van der Waals surface area (Å²) in [5.74, 6) is 1.31. The molecule has 4 rings (SSSR count). The molecule has 128 valence electrons. The zero-order valence-corrected chi connectivity index (χ0v) is 14.7. The van der Waals surface area contributed by atoms with Crippen LogP contribution in [0.2, 0.25) is 0 Å². The minimum Gasteiger partial charge on any atom is -0.496 e. The molecule has 3 nitrogen and oxygen atoms in total. The fraction of sp³-hybridized carbons (Fsp3) is 0.0870. The monoisotopic (exact) mass is 342 g/mol. The van der Waals surface area contributed by atoms with Crippen molar-refractivity contribution in [2.24, 2.45) is 0 Å². The summed E-state index contributed by atoms with van der Waals surface area (Å²) < 4.78 is 11.4. The van der Waals surface area contributed by atoms with E-state index < -0.39 is 0 Å². The van der Waals surface area contributed by atoms with Gasteiger partial charge in [-0.1, -0.05) is 54.6 Å². The lowest BCUT2D eigenvalue weighted by molar-refractivity contribution is 0.112. The summed E-state index contributed by atoms with van der Waals surface area (Å²) in [6.45, 7) is 0. The molecule has 4 aromatic carbocycles. The van der Waals surface area contributed by atoms with E-state index in [0.717, 1.165) is 44.7 Å². The molecular formula is C23H18O3. The lowest BCUT2D eigenvalue weighted by Crippen LogP contribution is -1.98. The molecule has 0 amide bonds. The lowest BCUT2D eigenvalue weighted by Gasteiger charge is -2.19. The predicted octanol–water partition coefficient (Wildman–Crippen LogP) is 5.49. The molecule has 0 radical (unpaired) electrons. The summed E-state index contributed by atoms with van der Waals surface area (Å²) in [5, 5.41) is 4.16. The first kappa shape index (κ1) is 16.2. The third-order valence-electron chi connectivity index (χ3n) is 4.72. The molecule has 26 heavy (non-hydrogen) atoms. The van der Waals surface area contributed by atoms with Crippen LogP contribution in [0.3, 0.4) is 0 Å². The number of hydrogen-bond acceptors (Lipinski definition) is 3. The number of aldehydes is 1. The van der Waals surface area contributed by atoms with Gasteiger partial charge in [-0.25, -0.2) is 0 Å². The number of carbonyl (C=O) groups excluding carboxylic acids is 1. The van der Waals surface area contributed by atoms with Crippen LogP contribution >= 0.6 is 0 Å². The summed E-state index contributed by atoms with van der Waals surface area (Å²) in [7, 11) is 3.25. The van der Waals surface area contributed by atoms with Crippen LogP contribution < -0.4 is 9.47 Å². The fourth-order valence-electron chi connectivity index (χ4n) is 3.59. The van der Waals surface area contributed by atoms with Gasteiger partial charge in [-0.2, -0.15) is 0 Å². The Bertz CT molecular complexity index is 1130. The molecule has 0 fully saturated rings. The van der Waals surface area contributed by atoms with E-state index in [9.17, 15) is 4.79 Å². The van der Waals surface area contributed by atoms with Crippen LogP contribution in [-0.2, 0) is 0 Å². The molecule has 3 heteroatoms. The summed E-state index contributed by atoms with van der Waals surface area (Å²) in [5.41, 5.74) is 2.33.